The van der Waals surface area contributed by atoms with E-state index in [4.69, 9.17) is 9.15 Å². The Kier molecular flexibility index (Phi) is 4.90. The normalized spacial score (nSPS) is 12.3. The Balaban J connectivity index is 1.60. The lowest BCUT2D eigenvalue weighted by Crippen LogP contribution is -2.03. The minimum atomic E-state index is -0.119. The molecule has 0 aliphatic carbocycles. The van der Waals surface area contributed by atoms with E-state index in [1.165, 1.54) is 11.8 Å². The first kappa shape index (κ1) is 17.7. The van der Waals surface area contributed by atoms with Crippen molar-refractivity contribution < 1.29 is 9.15 Å². The molecule has 4 aromatic rings. The summed E-state index contributed by atoms with van der Waals surface area (Å²) >= 11 is 3.00. The minimum Gasteiger partial charge on any atom is -0.494 e. The Morgan fingerprint density at radius 3 is 2.89 bits per heavy atom. The number of tetrazole rings is 1. The number of thioether (sulfide) groups is 1. The molecule has 10 heteroatoms. The summed E-state index contributed by atoms with van der Waals surface area (Å²) < 4.78 is 12.9. The van der Waals surface area contributed by atoms with E-state index >= 15 is 0 Å². The van der Waals surface area contributed by atoms with Gasteiger partial charge in [-0.05, 0) is 53.4 Å². The third-order valence-electron chi connectivity index (χ3n) is 3.81. The average Bonchev–Trinajstić information content (AvgIpc) is 3.42. The first-order valence-corrected chi connectivity index (χ1v) is 9.89. The standard InChI is InChI=1S/C17H16N6O2S2/c1-10-6-7-13(24-3)12(9-10)23-17(20-21-22-23)27-11(2)15-18-19-16(25-15)14-5-4-8-26-14/h4-9,11H,1-3H3. The fourth-order valence-corrected chi connectivity index (χ4v) is 3.95. The first-order valence-electron chi connectivity index (χ1n) is 8.13. The van der Waals surface area contributed by atoms with Crippen molar-refractivity contribution in [2.75, 3.05) is 7.11 Å². The molecule has 0 N–H and O–H groups in total. The molecule has 4 rings (SSSR count). The number of methoxy groups -OCH3 is 1. The van der Waals surface area contributed by atoms with Crippen molar-refractivity contribution in [3.05, 3.63) is 47.2 Å². The van der Waals surface area contributed by atoms with Crippen LogP contribution in [-0.4, -0.2) is 37.5 Å². The smallest absolute Gasteiger partial charge is 0.257 e. The number of aromatic nitrogens is 6. The number of benzene rings is 1. The fourth-order valence-electron chi connectivity index (χ4n) is 2.48. The topological polar surface area (TPSA) is 91.8 Å². The first-order chi connectivity index (χ1) is 13.2. The molecule has 8 nitrogen and oxygen atoms in total. The number of aryl methyl sites for hydroxylation is 1. The van der Waals surface area contributed by atoms with Crippen LogP contribution in [0.25, 0.3) is 16.5 Å². The molecule has 0 saturated carbocycles. The SMILES string of the molecule is COc1ccc(C)cc1-n1nnnc1SC(C)c1nnc(-c2cccs2)o1. The lowest BCUT2D eigenvalue weighted by atomic mass is 10.2. The Bertz CT molecular complexity index is 1040. The second kappa shape index (κ2) is 7.49. The van der Waals surface area contributed by atoms with Gasteiger partial charge in [-0.2, -0.15) is 4.68 Å². The van der Waals surface area contributed by atoms with Gasteiger partial charge in [0.15, 0.2) is 0 Å². The number of hydrogen-bond donors (Lipinski definition) is 0. The molecule has 3 aromatic heterocycles. The number of nitrogens with zero attached hydrogens (tertiary/aromatic N) is 6. The van der Waals surface area contributed by atoms with E-state index in [0.717, 1.165) is 16.1 Å². The summed E-state index contributed by atoms with van der Waals surface area (Å²) in [5.41, 5.74) is 1.87. The molecule has 1 aromatic carbocycles. The summed E-state index contributed by atoms with van der Waals surface area (Å²) in [6, 6.07) is 9.75. The quantitative estimate of drug-likeness (QED) is 0.449. The zero-order chi connectivity index (χ0) is 18.8. The number of hydrogen-bond acceptors (Lipinski definition) is 9. The van der Waals surface area contributed by atoms with E-state index in [1.807, 2.05) is 49.6 Å². The average molecular weight is 400 g/mol. The van der Waals surface area contributed by atoms with Gasteiger partial charge in [-0.1, -0.05) is 23.9 Å². The molecule has 0 radical (unpaired) electrons. The molecular weight excluding hydrogens is 384 g/mol. The molecule has 3 heterocycles. The number of rotatable bonds is 6. The van der Waals surface area contributed by atoms with Crippen LogP contribution in [0.1, 0.15) is 23.6 Å². The molecule has 138 valence electrons. The Morgan fingerprint density at radius 2 is 2.11 bits per heavy atom. The largest absolute Gasteiger partial charge is 0.494 e. The molecule has 1 atom stereocenters. The van der Waals surface area contributed by atoms with Crippen molar-refractivity contribution in [3.8, 4) is 22.2 Å². The summed E-state index contributed by atoms with van der Waals surface area (Å²) in [4.78, 5) is 0.945. The highest BCUT2D eigenvalue weighted by Crippen LogP contribution is 2.36. The molecular formula is C17H16N6O2S2. The molecule has 0 saturated heterocycles. The maximum atomic E-state index is 5.81. The van der Waals surface area contributed by atoms with Crippen LogP contribution < -0.4 is 4.74 Å². The van der Waals surface area contributed by atoms with Gasteiger partial charge in [-0.15, -0.1) is 26.6 Å². The highest BCUT2D eigenvalue weighted by molar-refractivity contribution is 7.99. The van der Waals surface area contributed by atoms with E-state index < -0.39 is 0 Å². The maximum Gasteiger partial charge on any atom is 0.257 e. The summed E-state index contributed by atoms with van der Waals surface area (Å²) in [6.07, 6.45) is 0. The van der Waals surface area contributed by atoms with Gasteiger partial charge < -0.3 is 9.15 Å². The van der Waals surface area contributed by atoms with Gasteiger partial charge in [0.05, 0.1) is 17.2 Å². The van der Waals surface area contributed by atoms with E-state index in [9.17, 15) is 0 Å². The highest BCUT2D eigenvalue weighted by atomic mass is 32.2. The summed E-state index contributed by atoms with van der Waals surface area (Å²) in [6.45, 7) is 3.98. The molecule has 0 amide bonds. The zero-order valence-corrected chi connectivity index (χ0v) is 16.5. The van der Waals surface area contributed by atoms with Gasteiger partial charge in [0.2, 0.25) is 11.0 Å². The zero-order valence-electron chi connectivity index (χ0n) is 14.9. The molecule has 0 aliphatic rings. The van der Waals surface area contributed by atoms with Gasteiger partial charge >= 0.3 is 0 Å². The molecule has 0 fully saturated rings. The predicted octanol–water partition coefficient (Wildman–Crippen LogP) is 3.94. The van der Waals surface area contributed by atoms with Crippen LogP contribution in [0.4, 0.5) is 0 Å². The van der Waals surface area contributed by atoms with Crippen molar-refractivity contribution in [1.82, 2.24) is 30.4 Å². The monoisotopic (exact) mass is 400 g/mol. The highest BCUT2D eigenvalue weighted by Gasteiger charge is 2.21. The second-order valence-corrected chi connectivity index (χ2v) is 7.99. The molecule has 0 aliphatic heterocycles. The molecule has 1 unspecified atom stereocenters. The fraction of sp³-hybridized carbons (Fsp3) is 0.235. The van der Waals surface area contributed by atoms with E-state index in [2.05, 4.69) is 25.7 Å². The summed E-state index contributed by atoms with van der Waals surface area (Å²) in [5, 5.41) is 22.8. The van der Waals surface area contributed by atoms with Crippen LogP contribution in [0.2, 0.25) is 0 Å². The van der Waals surface area contributed by atoms with Gasteiger partial charge in [-0.3, -0.25) is 0 Å². The molecule has 0 spiro atoms. The van der Waals surface area contributed by atoms with Crippen LogP contribution in [0, 0.1) is 6.92 Å². The van der Waals surface area contributed by atoms with Crippen LogP contribution in [0.5, 0.6) is 5.75 Å². The molecule has 0 bridgehead atoms. The van der Waals surface area contributed by atoms with Crippen molar-refractivity contribution in [1.29, 1.82) is 0 Å². The maximum absolute atomic E-state index is 5.81. The van der Waals surface area contributed by atoms with Crippen molar-refractivity contribution in [3.63, 3.8) is 0 Å². The van der Waals surface area contributed by atoms with Gasteiger partial charge in [0.1, 0.15) is 11.4 Å². The lowest BCUT2D eigenvalue weighted by Gasteiger charge is -2.11. The van der Waals surface area contributed by atoms with Crippen LogP contribution >= 0.6 is 23.1 Å². The second-order valence-electron chi connectivity index (χ2n) is 5.73. The van der Waals surface area contributed by atoms with Crippen LogP contribution in [0.3, 0.4) is 0 Å². The van der Waals surface area contributed by atoms with Crippen molar-refractivity contribution in [2.24, 2.45) is 0 Å². The Morgan fingerprint density at radius 1 is 1.22 bits per heavy atom. The minimum absolute atomic E-state index is 0.119. The third kappa shape index (κ3) is 3.58. The number of thiophene rings is 1. The Labute approximate surface area is 163 Å². The van der Waals surface area contributed by atoms with E-state index in [0.29, 0.717) is 22.7 Å². The van der Waals surface area contributed by atoms with Crippen molar-refractivity contribution >= 4 is 23.1 Å². The van der Waals surface area contributed by atoms with Crippen LogP contribution in [0.15, 0.2) is 45.3 Å². The van der Waals surface area contributed by atoms with E-state index in [-0.39, 0.29) is 5.25 Å². The lowest BCUT2D eigenvalue weighted by molar-refractivity contribution is 0.410. The van der Waals surface area contributed by atoms with Crippen LogP contribution in [-0.2, 0) is 0 Å². The summed E-state index contributed by atoms with van der Waals surface area (Å²) in [5.74, 6) is 1.74. The molecule has 27 heavy (non-hydrogen) atoms. The van der Waals surface area contributed by atoms with Gasteiger partial charge in [0.25, 0.3) is 5.89 Å². The third-order valence-corrected chi connectivity index (χ3v) is 5.68. The van der Waals surface area contributed by atoms with Gasteiger partial charge in [0, 0.05) is 0 Å². The van der Waals surface area contributed by atoms with E-state index in [1.54, 1.807) is 23.1 Å². The summed E-state index contributed by atoms with van der Waals surface area (Å²) in [7, 11) is 1.62. The Hall–Kier alpha value is -2.72. The predicted molar refractivity (Wildman–Crippen MR) is 102 cm³/mol. The van der Waals surface area contributed by atoms with Crippen molar-refractivity contribution in [2.45, 2.75) is 24.3 Å². The van der Waals surface area contributed by atoms with Gasteiger partial charge in [-0.25, -0.2) is 0 Å². The number of ether oxygens (including phenoxy) is 1.